The lowest BCUT2D eigenvalue weighted by molar-refractivity contribution is 0.256. The topological polar surface area (TPSA) is 35.2 Å². The third kappa shape index (κ3) is 4.99. The molecule has 0 amide bonds. The fourth-order valence-corrected chi connectivity index (χ4v) is 1.99. The normalized spacial score (nSPS) is 14.3. The predicted octanol–water partition coefficient (Wildman–Crippen LogP) is 4.15. The Hall–Kier alpha value is -0.540. The summed E-state index contributed by atoms with van der Waals surface area (Å²) in [4.78, 5) is 0. The van der Waals surface area contributed by atoms with Crippen molar-refractivity contribution in [3.63, 3.8) is 0 Å². The number of hydrogen-bond acceptors (Lipinski definition) is 2. The molecule has 0 fully saturated rings. The fourth-order valence-electron chi connectivity index (χ4n) is 1.58. The lowest BCUT2D eigenvalue weighted by atomic mass is 10.0. The zero-order valence-corrected chi connectivity index (χ0v) is 13.2. The molecule has 102 valence electrons. The Labute approximate surface area is 119 Å². The van der Waals surface area contributed by atoms with Crippen molar-refractivity contribution >= 4 is 15.9 Å². The first-order valence-electron chi connectivity index (χ1n) is 6.73. The summed E-state index contributed by atoms with van der Waals surface area (Å²) >= 11 is 3.57. The van der Waals surface area contributed by atoms with Crippen molar-refractivity contribution in [2.24, 2.45) is 11.7 Å². The van der Waals surface area contributed by atoms with Crippen molar-refractivity contribution < 1.29 is 4.74 Å². The van der Waals surface area contributed by atoms with Gasteiger partial charge in [-0.25, -0.2) is 0 Å². The van der Waals surface area contributed by atoms with E-state index in [1.165, 1.54) is 5.56 Å². The van der Waals surface area contributed by atoms with E-state index in [0.29, 0.717) is 5.92 Å². The highest BCUT2D eigenvalue weighted by atomic mass is 79.9. The van der Waals surface area contributed by atoms with Gasteiger partial charge >= 0.3 is 0 Å². The highest BCUT2D eigenvalue weighted by molar-refractivity contribution is 9.10. The first kappa shape index (κ1) is 15.5. The van der Waals surface area contributed by atoms with Crippen molar-refractivity contribution in [3.05, 3.63) is 28.2 Å². The smallest absolute Gasteiger partial charge is 0.119 e. The molecule has 0 heterocycles. The average molecular weight is 314 g/mol. The Kier molecular flexibility index (Phi) is 6.72. The summed E-state index contributed by atoms with van der Waals surface area (Å²) in [5.74, 6) is 1.53. The van der Waals surface area contributed by atoms with Gasteiger partial charge in [-0.15, -0.1) is 0 Å². The van der Waals surface area contributed by atoms with Gasteiger partial charge in [0.1, 0.15) is 5.75 Å². The molecule has 0 spiro atoms. The monoisotopic (exact) mass is 313 g/mol. The van der Waals surface area contributed by atoms with Gasteiger partial charge in [-0.05, 0) is 42.5 Å². The minimum absolute atomic E-state index is 0.214. The van der Waals surface area contributed by atoms with Crippen molar-refractivity contribution in [1.29, 1.82) is 0 Å². The molecule has 2 N–H and O–H groups in total. The molecule has 0 radical (unpaired) electrons. The molecule has 0 saturated heterocycles. The zero-order valence-electron chi connectivity index (χ0n) is 11.6. The molecular formula is C15H24BrNO. The van der Waals surface area contributed by atoms with Gasteiger partial charge in [-0.1, -0.05) is 43.1 Å². The summed E-state index contributed by atoms with van der Waals surface area (Å²) in [6.45, 7) is 7.27. The molecule has 2 atom stereocenters. The fraction of sp³-hybridized carbons (Fsp3) is 0.600. The molecule has 0 aliphatic heterocycles. The minimum Gasteiger partial charge on any atom is -0.493 e. The van der Waals surface area contributed by atoms with E-state index in [1.807, 2.05) is 12.1 Å². The van der Waals surface area contributed by atoms with Crippen molar-refractivity contribution in [2.75, 3.05) is 6.61 Å². The molecule has 2 unspecified atom stereocenters. The van der Waals surface area contributed by atoms with E-state index in [4.69, 9.17) is 10.5 Å². The van der Waals surface area contributed by atoms with Gasteiger partial charge in [0.25, 0.3) is 0 Å². The van der Waals surface area contributed by atoms with E-state index >= 15 is 0 Å². The number of halogens is 1. The van der Waals surface area contributed by atoms with Crippen LogP contribution in [0.5, 0.6) is 5.75 Å². The van der Waals surface area contributed by atoms with Crippen LogP contribution >= 0.6 is 15.9 Å². The van der Waals surface area contributed by atoms with E-state index < -0.39 is 0 Å². The standard InChI is InChI=1S/C15H24BrNO/c1-4-11(3)10-18-14-6-7-15(16)12(9-14)8-13(17)5-2/h6-7,9,11,13H,4-5,8,10,17H2,1-3H3. The number of hydrogen-bond donors (Lipinski definition) is 1. The minimum atomic E-state index is 0.214. The van der Waals surface area contributed by atoms with E-state index in [9.17, 15) is 0 Å². The maximum Gasteiger partial charge on any atom is 0.119 e. The Morgan fingerprint density at radius 1 is 1.28 bits per heavy atom. The summed E-state index contributed by atoms with van der Waals surface area (Å²) in [6, 6.07) is 6.37. The van der Waals surface area contributed by atoms with E-state index in [0.717, 1.165) is 36.1 Å². The molecule has 0 aliphatic rings. The molecular weight excluding hydrogens is 290 g/mol. The first-order valence-corrected chi connectivity index (χ1v) is 7.52. The zero-order chi connectivity index (χ0) is 13.5. The largest absolute Gasteiger partial charge is 0.493 e. The summed E-state index contributed by atoms with van der Waals surface area (Å²) in [5, 5.41) is 0. The first-order chi connectivity index (χ1) is 8.56. The summed E-state index contributed by atoms with van der Waals surface area (Å²) in [7, 11) is 0. The van der Waals surface area contributed by atoms with Crippen LogP contribution in [0.1, 0.15) is 39.2 Å². The molecule has 1 rings (SSSR count). The maximum absolute atomic E-state index is 6.01. The molecule has 3 heteroatoms. The molecule has 1 aromatic rings. The van der Waals surface area contributed by atoms with Crippen molar-refractivity contribution in [2.45, 2.75) is 46.1 Å². The summed E-state index contributed by atoms with van der Waals surface area (Å²) in [6.07, 6.45) is 3.02. The molecule has 1 aromatic carbocycles. The number of rotatable bonds is 7. The second kappa shape index (κ2) is 7.80. The average Bonchev–Trinajstić information content (AvgIpc) is 2.38. The number of ether oxygens (including phenoxy) is 1. The summed E-state index contributed by atoms with van der Waals surface area (Å²) < 4.78 is 6.92. The SMILES string of the molecule is CCC(C)COc1ccc(Br)c(CC(N)CC)c1. The number of benzene rings is 1. The van der Waals surface area contributed by atoms with E-state index in [2.05, 4.69) is 42.8 Å². The van der Waals surface area contributed by atoms with Crippen LogP contribution in [0.4, 0.5) is 0 Å². The number of nitrogens with two attached hydrogens (primary N) is 1. The van der Waals surface area contributed by atoms with Gasteiger partial charge in [0.05, 0.1) is 6.61 Å². The van der Waals surface area contributed by atoms with Gasteiger partial charge in [-0.3, -0.25) is 0 Å². The molecule has 18 heavy (non-hydrogen) atoms. The third-order valence-corrected chi connectivity index (χ3v) is 4.03. The van der Waals surface area contributed by atoms with Crippen LogP contribution in [-0.4, -0.2) is 12.6 Å². The van der Waals surface area contributed by atoms with Crippen LogP contribution in [0.25, 0.3) is 0 Å². The van der Waals surface area contributed by atoms with Gasteiger partial charge in [0.15, 0.2) is 0 Å². The van der Waals surface area contributed by atoms with Crippen LogP contribution < -0.4 is 10.5 Å². The molecule has 0 aliphatic carbocycles. The van der Waals surface area contributed by atoms with Crippen LogP contribution in [0.2, 0.25) is 0 Å². The Balaban J connectivity index is 2.68. The quantitative estimate of drug-likeness (QED) is 0.820. The molecule has 0 bridgehead atoms. The van der Waals surface area contributed by atoms with Gasteiger partial charge in [-0.2, -0.15) is 0 Å². The second-order valence-corrected chi connectivity index (χ2v) is 5.80. The maximum atomic E-state index is 6.01. The van der Waals surface area contributed by atoms with Crippen molar-refractivity contribution in [3.8, 4) is 5.75 Å². The predicted molar refractivity (Wildman–Crippen MR) is 81.1 cm³/mol. The second-order valence-electron chi connectivity index (χ2n) is 4.95. The molecule has 0 saturated carbocycles. The van der Waals surface area contributed by atoms with Crippen molar-refractivity contribution in [1.82, 2.24) is 0 Å². The van der Waals surface area contributed by atoms with Crippen LogP contribution in [0, 0.1) is 5.92 Å². The van der Waals surface area contributed by atoms with E-state index in [-0.39, 0.29) is 6.04 Å². The van der Waals surface area contributed by atoms with Gasteiger partial charge < -0.3 is 10.5 Å². The third-order valence-electron chi connectivity index (χ3n) is 3.26. The Bertz CT molecular complexity index is 368. The van der Waals surface area contributed by atoms with Gasteiger partial charge in [0.2, 0.25) is 0 Å². The van der Waals surface area contributed by atoms with Crippen LogP contribution in [0.3, 0.4) is 0 Å². The lowest BCUT2D eigenvalue weighted by Crippen LogP contribution is -2.21. The van der Waals surface area contributed by atoms with Gasteiger partial charge in [0, 0.05) is 10.5 Å². The Morgan fingerprint density at radius 2 is 2.00 bits per heavy atom. The van der Waals surface area contributed by atoms with Crippen LogP contribution in [0.15, 0.2) is 22.7 Å². The van der Waals surface area contributed by atoms with Crippen LogP contribution in [-0.2, 0) is 6.42 Å². The Morgan fingerprint density at radius 3 is 2.61 bits per heavy atom. The molecule has 2 nitrogen and oxygen atoms in total. The highest BCUT2D eigenvalue weighted by Gasteiger charge is 2.08. The van der Waals surface area contributed by atoms with E-state index in [1.54, 1.807) is 0 Å². The summed E-state index contributed by atoms with van der Waals surface area (Å²) in [5.41, 5.74) is 7.23. The highest BCUT2D eigenvalue weighted by Crippen LogP contribution is 2.24. The molecule has 0 aromatic heterocycles. The lowest BCUT2D eigenvalue weighted by Gasteiger charge is -2.14.